The second-order valence-corrected chi connectivity index (χ2v) is 8.12. The molecule has 1 aromatic rings. The third-order valence-electron chi connectivity index (χ3n) is 6.43. The predicted octanol–water partition coefficient (Wildman–Crippen LogP) is 2.46. The van der Waals surface area contributed by atoms with Crippen LogP contribution in [-0.4, -0.2) is 33.8 Å². The number of amides is 1. The van der Waals surface area contributed by atoms with Crippen LogP contribution in [0.25, 0.3) is 0 Å². The fourth-order valence-electron chi connectivity index (χ4n) is 5.10. The minimum absolute atomic E-state index is 0.182. The first-order valence-electron chi connectivity index (χ1n) is 9.95. The van der Waals surface area contributed by atoms with E-state index < -0.39 is 0 Å². The third kappa shape index (κ3) is 3.73. The van der Waals surface area contributed by atoms with E-state index in [0.29, 0.717) is 6.61 Å². The maximum absolute atomic E-state index is 12.8. The molecule has 4 rings (SSSR count). The lowest BCUT2D eigenvalue weighted by molar-refractivity contribution is -0.128. The summed E-state index contributed by atoms with van der Waals surface area (Å²) in [5.74, 6) is 3.93. The topological polar surface area (TPSA) is 69.0 Å². The second kappa shape index (κ2) is 7.44. The van der Waals surface area contributed by atoms with Crippen LogP contribution in [0.5, 0.6) is 0 Å². The van der Waals surface area contributed by atoms with Crippen molar-refractivity contribution in [2.24, 2.45) is 17.8 Å². The summed E-state index contributed by atoms with van der Waals surface area (Å²) >= 11 is 0. The zero-order valence-corrected chi connectivity index (χ0v) is 15.2. The molecule has 3 aliphatic rings. The highest BCUT2D eigenvalue weighted by atomic mass is 16.5. The maximum atomic E-state index is 12.8. The first-order chi connectivity index (χ1) is 12.2. The number of aryl methyl sites for hydroxylation is 1. The molecule has 1 aliphatic heterocycles. The van der Waals surface area contributed by atoms with Crippen LogP contribution in [0, 0.1) is 17.8 Å². The van der Waals surface area contributed by atoms with Crippen molar-refractivity contribution in [3.05, 3.63) is 11.6 Å². The predicted molar refractivity (Wildman–Crippen MR) is 93.8 cm³/mol. The lowest BCUT2D eigenvalue weighted by atomic mass is 9.67. The Kier molecular flexibility index (Phi) is 5.06. The van der Waals surface area contributed by atoms with Crippen LogP contribution in [0.15, 0.2) is 0 Å². The van der Waals surface area contributed by atoms with E-state index in [1.807, 2.05) is 4.68 Å². The average Bonchev–Trinajstić information content (AvgIpc) is 3.03. The summed E-state index contributed by atoms with van der Waals surface area (Å²) in [6, 6.07) is 0.182. The van der Waals surface area contributed by atoms with Gasteiger partial charge in [-0.2, -0.15) is 5.10 Å². The maximum Gasteiger partial charge on any atom is 0.223 e. The Morgan fingerprint density at radius 3 is 2.88 bits per heavy atom. The van der Waals surface area contributed by atoms with Crippen molar-refractivity contribution in [1.82, 2.24) is 20.1 Å². The normalized spacial score (nSPS) is 31.9. The number of carbonyl (C=O) groups excluding carboxylic acids is 1. The molecule has 4 unspecified atom stereocenters. The number of carbonyl (C=O) groups is 1. The van der Waals surface area contributed by atoms with Gasteiger partial charge in [-0.1, -0.05) is 25.7 Å². The average molecular weight is 346 g/mol. The van der Waals surface area contributed by atoms with E-state index in [1.165, 1.54) is 32.1 Å². The lowest BCUT2D eigenvalue weighted by Crippen LogP contribution is -2.45. The Hall–Kier alpha value is -1.43. The molecule has 1 amide bonds. The molecule has 0 spiro atoms. The van der Waals surface area contributed by atoms with Gasteiger partial charge in [0.25, 0.3) is 0 Å². The summed E-state index contributed by atoms with van der Waals surface area (Å²) in [6.45, 7) is 1.18. The Morgan fingerprint density at radius 2 is 2.04 bits per heavy atom. The van der Waals surface area contributed by atoms with Crippen LogP contribution in [0.2, 0.25) is 0 Å². The van der Waals surface area contributed by atoms with E-state index in [4.69, 9.17) is 4.74 Å². The highest BCUT2D eigenvalue weighted by Gasteiger charge is 2.35. The van der Waals surface area contributed by atoms with Gasteiger partial charge in [-0.15, -0.1) is 0 Å². The van der Waals surface area contributed by atoms with Gasteiger partial charge in [-0.05, 0) is 37.5 Å². The smallest absolute Gasteiger partial charge is 0.223 e. The summed E-state index contributed by atoms with van der Waals surface area (Å²) in [4.78, 5) is 17.3. The summed E-state index contributed by atoms with van der Waals surface area (Å²) < 4.78 is 7.06. The van der Waals surface area contributed by atoms with E-state index >= 15 is 0 Å². The minimum atomic E-state index is 0.182. The molecular weight excluding hydrogens is 316 g/mol. The Balaban J connectivity index is 1.32. The highest BCUT2D eigenvalue weighted by molar-refractivity contribution is 5.79. The zero-order chi connectivity index (χ0) is 17.2. The molecular formula is C19H30N4O2. The summed E-state index contributed by atoms with van der Waals surface area (Å²) in [7, 11) is 1.66. The number of nitrogens with one attached hydrogen (secondary N) is 1. The van der Waals surface area contributed by atoms with Crippen molar-refractivity contribution < 1.29 is 9.53 Å². The van der Waals surface area contributed by atoms with Gasteiger partial charge < -0.3 is 10.1 Å². The van der Waals surface area contributed by atoms with Gasteiger partial charge in [0, 0.05) is 25.5 Å². The molecule has 25 heavy (non-hydrogen) atoms. The molecule has 0 radical (unpaired) electrons. The monoisotopic (exact) mass is 346 g/mol. The van der Waals surface area contributed by atoms with Crippen LogP contribution in [0.1, 0.15) is 63.0 Å². The van der Waals surface area contributed by atoms with Gasteiger partial charge in [0.05, 0.1) is 6.54 Å². The first-order valence-corrected chi connectivity index (χ1v) is 9.95. The number of hydrogen-bond acceptors (Lipinski definition) is 4. The largest absolute Gasteiger partial charge is 0.377 e. The standard InChI is InChI=1S/C19H30N4O2/c1-25-12-17-21-18-9-8-16(11-23(18)22-17)20-19(24)15-7-6-13-4-2-3-5-14(13)10-15/h13-16H,2-12H2,1H3,(H,20,24). The third-order valence-corrected chi connectivity index (χ3v) is 6.43. The van der Waals surface area contributed by atoms with Crippen molar-refractivity contribution in [1.29, 1.82) is 0 Å². The van der Waals surface area contributed by atoms with Gasteiger partial charge in [0.1, 0.15) is 12.4 Å². The second-order valence-electron chi connectivity index (χ2n) is 8.12. The number of ether oxygens (including phenoxy) is 1. The molecule has 0 aromatic carbocycles. The number of aromatic nitrogens is 3. The van der Waals surface area contributed by atoms with E-state index in [1.54, 1.807) is 7.11 Å². The fourth-order valence-corrected chi connectivity index (χ4v) is 5.10. The molecule has 138 valence electrons. The number of nitrogens with zero attached hydrogens (tertiary/aromatic N) is 3. The lowest BCUT2D eigenvalue weighted by Gasteiger charge is -2.39. The molecule has 0 saturated heterocycles. The first kappa shape index (κ1) is 17.0. The van der Waals surface area contributed by atoms with Crippen molar-refractivity contribution in [2.45, 2.75) is 77.0 Å². The SMILES string of the molecule is COCc1nc2n(n1)CC(NC(=O)C1CCC3CCCCC3C1)CC2. The Bertz CT molecular complexity index is 615. The van der Waals surface area contributed by atoms with Gasteiger partial charge in [-0.3, -0.25) is 4.79 Å². The summed E-state index contributed by atoms with van der Waals surface area (Å²) in [5, 5.41) is 7.80. The number of fused-ring (bicyclic) bond motifs is 2. The van der Waals surface area contributed by atoms with Crippen molar-refractivity contribution in [3.8, 4) is 0 Å². The van der Waals surface area contributed by atoms with Gasteiger partial charge in [0.15, 0.2) is 5.82 Å². The van der Waals surface area contributed by atoms with Gasteiger partial charge in [0.2, 0.25) is 5.91 Å². The van der Waals surface area contributed by atoms with E-state index in [-0.39, 0.29) is 17.9 Å². The zero-order valence-electron chi connectivity index (χ0n) is 15.2. The minimum Gasteiger partial charge on any atom is -0.377 e. The van der Waals surface area contributed by atoms with Crippen LogP contribution in [0.3, 0.4) is 0 Å². The van der Waals surface area contributed by atoms with Gasteiger partial charge in [-0.25, -0.2) is 9.67 Å². The highest BCUT2D eigenvalue weighted by Crippen LogP contribution is 2.42. The van der Waals surface area contributed by atoms with Crippen molar-refractivity contribution in [3.63, 3.8) is 0 Å². The summed E-state index contributed by atoms with van der Waals surface area (Å²) in [5.41, 5.74) is 0. The Morgan fingerprint density at radius 1 is 1.20 bits per heavy atom. The quantitative estimate of drug-likeness (QED) is 0.909. The number of hydrogen-bond donors (Lipinski definition) is 1. The molecule has 0 bridgehead atoms. The van der Waals surface area contributed by atoms with E-state index in [9.17, 15) is 4.79 Å². The van der Waals surface area contributed by atoms with E-state index in [0.717, 1.165) is 55.7 Å². The molecule has 2 aliphatic carbocycles. The van der Waals surface area contributed by atoms with Crippen LogP contribution in [0.4, 0.5) is 0 Å². The molecule has 4 atom stereocenters. The fraction of sp³-hybridized carbons (Fsp3) is 0.842. The van der Waals surface area contributed by atoms with Crippen LogP contribution < -0.4 is 5.32 Å². The molecule has 6 heteroatoms. The molecule has 1 N–H and O–H groups in total. The number of methoxy groups -OCH3 is 1. The number of rotatable bonds is 4. The van der Waals surface area contributed by atoms with Gasteiger partial charge >= 0.3 is 0 Å². The van der Waals surface area contributed by atoms with Crippen LogP contribution in [-0.2, 0) is 29.1 Å². The van der Waals surface area contributed by atoms with E-state index in [2.05, 4.69) is 15.4 Å². The Labute approximate surface area is 149 Å². The molecule has 2 heterocycles. The molecule has 2 saturated carbocycles. The molecule has 2 fully saturated rings. The van der Waals surface area contributed by atoms with Crippen molar-refractivity contribution in [2.75, 3.05) is 7.11 Å². The molecule has 6 nitrogen and oxygen atoms in total. The molecule has 1 aromatic heterocycles. The van der Waals surface area contributed by atoms with Crippen molar-refractivity contribution >= 4 is 5.91 Å². The van der Waals surface area contributed by atoms with Crippen LogP contribution >= 0.6 is 0 Å². The summed E-state index contributed by atoms with van der Waals surface area (Å²) in [6.07, 6.45) is 10.7.